The van der Waals surface area contributed by atoms with E-state index < -0.39 is 5.97 Å². The Morgan fingerprint density at radius 3 is 2.48 bits per heavy atom. The highest BCUT2D eigenvalue weighted by molar-refractivity contribution is 5.90. The van der Waals surface area contributed by atoms with Gasteiger partial charge in [-0.15, -0.1) is 0 Å². The summed E-state index contributed by atoms with van der Waals surface area (Å²) in [5, 5.41) is 11.8. The minimum Gasteiger partial charge on any atom is -0.481 e. The Bertz CT molecular complexity index is 792. The maximum Gasteiger partial charge on any atom is 0.303 e. The number of carbonyl (C=O) groups is 2. The van der Waals surface area contributed by atoms with E-state index in [-0.39, 0.29) is 12.3 Å². The second-order valence-corrected chi connectivity index (χ2v) is 7.48. The molecule has 0 saturated carbocycles. The lowest BCUT2D eigenvalue weighted by Crippen LogP contribution is -2.37. The molecule has 29 heavy (non-hydrogen) atoms. The summed E-state index contributed by atoms with van der Waals surface area (Å²) in [6.45, 7) is 2.55. The largest absolute Gasteiger partial charge is 0.481 e. The van der Waals surface area contributed by atoms with Crippen molar-refractivity contribution in [1.82, 2.24) is 4.90 Å². The summed E-state index contributed by atoms with van der Waals surface area (Å²) >= 11 is 0. The van der Waals surface area contributed by atoms with E-state index in [0.29, 0.717) is 18.9 Å². The van der Waals surface area contributed by atoms with Gasteiger partial charge in [-0.05, 0) is 68.1 Å². The van der Waals surface area contributed by atoms with Gasteiger partial charge in [0.15, 0.2) is 0 Å². The van der Waals surface area contributed by atoms with Crippen LogP contribution in [0.25, 0.3) is 0 Å². The Labute approximate surface area is 171 Å². The van der Waals surface area contributed by atoms with Gasteiger partial charge in [-0.3, -0.25) is 9.59 Å². The summed E-state index contributed by atoms with van der Waals surface area (Å²) in [4.78, 5) is 25.3. The summed E-state index contributed by atoms with van der Waals surface area (Å²) in [6.07, 6.45) is 3.51. The molecular formula is C23H28N2O4. The van der Waals surface area contributed by atoms with Crippen LogP contribution >= 0.6 is 0 Å². The zero-order valence-electron chi connectivity index (χ0n) is 16.5. The zero-order valence-corrected chi connectivity index (χ0v) is 16.5. The maximum absolute atomic E-state index is 12.3. The molecular weight excluding hydrogens is 368 g/mol. The number of aliphatic carboxylic acids is 1. The number of hydrogen-bond donors (Lipinski definition) is 2. The molecule has 1 fully saturated rings. The predicted octanol–water partition coefficient (Wildman–Crippen LogP) is 4.38. The number of benzene rings is 2. The van der Waals surface area contributed by atoms with Crippen molar-refractivity contribution in [3.8, 4) is 11.5 Å². The van der Waals surface area contributed by atoms with Gasteiger partial charge >= 0.3 is 5.97 Å². The number of carboxylic acids is 1. The molecule has 0 aliphatic carbocycles. The molecule has 1 unspecified atom stereocenters. The first-order chi connectivity index (χ1) is 14.1. The van der Waals surface area contributed by atoms with Crippen LogP contribution in [0.2, 0.25) is 0 Å². The molecule has 1 aliphatic rings. The van der Waals surface area contributed by atoms with E-state index in [0.717, 1.165) is 49.5 Å². The molecule has 154 valence electrons. The normalized spacial score (nSPS) is 16.9. The summed E-state index contributed by atoms with van der Waals surface area (Å²) in [6, 6.07) is 16.9. The van der Waals surface area contributed by atoms with E-state index in [1.807, 2.05) is 54.6 Å². The van der Waals surface area contributed by atoms with Crippen LogP contribution in [0.5, 0.6) is 11.5 Å². The zero-order chi connectivity index (χ0) is 20.5. The Kier molecular flexibility index (Phi) is 7.64. The number of nitrogens with one attached hydrogen (secondary N) is 1. The minimum atomic E-state index is -0.735. The van der Waals surface area contributed by atoms with Gasteiger partial charge in [0, 0.05) is 31.6 Å². The predicted molar refractivity (Wildman–Crippen MR) is 112 cm³/mol. The van der Waals surface area contributed by atoms with Crippen LogP contribution < -0.4 is 10.1 Å². The van der Waals surface area contributed by atoms with Gasteiger partial charge in [0.05, 0.1) is 0 Å². The quantitative estimate of drug-likeness (QED) is 0.657. The van der Waals surface area contributed by atoms with Gasteiger partial charge < -0.3 is 20.1 Å². The van der Waals surface area contributed by atoms with E-state index >= 15 is 0 Å². The lowest BCUT2D eigenvalue weighted by Gasteiger charge is -2.32. The molecule has 0 spiro atoms. The summed E-state index contributed by atoms with van der Waals surface area (Å²) in [5.41, 5.74) is 0.744. The first-order valence-electron chi connectivity index (χ1n) is 10.2. The number of ether oxygens (including phenoxy) is 1. The summed E-state index contributed by atoms with van der Waals surface area (Å²) in [7, 11) is 0. The molecule has 0 bridgehead atoms. The van der Waals surface area contributed by atoms with Crippen LogP contribution in [-0.2, 0) is 9.59 Å². The molecule has 2 N–H and O–H groups in total. The average Bonchev–Trinajstić information content (AvgIpc) is 2.73. The first kappa shape index (κ1) is 20.9. The van der Waals surface area contributed by atoms with Crippen LogP contribution in [0.15, 0.2) is 54.6 Å². The van der Waals surface area contributed by atoms with Crippen molar-refractivity contribution in [2.45, 2.75) is 32.1 Å². The summed E-state index contributed by atoms with van der Waals surface area (Å²) in [5.74, 6) is 1.15. The van der Waals surface area contributed by atoms with Crippen molar-refractivity contribution >= 4 is 17.6 Å². The van der Waals surface area contributed by atoms with Crippen LogP contribution in [0.4, 0.5) is 5.69 Å². The lowest BCUT2D eigenvalue weighted by atomic mass is 9.93. The number of carbonyl (C=O) groups excluding carboxylic acids is 1. The Morgan fingerprint density at radius 2 is 1.76 bits per heavy atom. The van der Waals surface area contributed by atoms with Gasteiger partial charge in [0.25, 0.3) is 0 Å². The van der Waals surface area contributed by atoms with E-state index in [1.54, 1.807) is 0 Å². The molecule has 6 nitrogen and oxygen atoms in total. The van der Waals surface area contributed by atoms with E-state index in [1.165, 1.54) is 0 Å². The number of rotatable bonds is 9. The highest BCUT2D eigenvalue weighted by Gasteiger charge is 2.20. The smallest absolute Gasteiger partial charge is 0.303 e. The second kappa shape index (κ2) is 10.6. The molecule has 2 aromatic carbocycles. The van der Waals surface area contributed by atoms with Gasteiger partial charge in [0.2, 0.25) is 5.91 Å². The third kappa shape index (κ3) is 7.23. The number of nitrogens with zero attached hydrogens (tertiary/aromatic N) is 1. The third-order valence-corrected chi connectivity index (χ3v) is 5.14. The molecule has 1 saturated heterocycles. The SMILES string of the molecule is O=C(O)CCC1CCCN(CCC(=O)Nc2ccc(Oc3ccccc3)cc2)C1. The van der Waals surface area contributed by atoms with Crippen molar-refractivity contribution in [3.05, 3.63) is 54.6 Å². The maximum atomic E-state index is 12.3. The fourth-order valence-corrected chi connectivity index (χ4v) is 3.63. The standard InChI is InChI=1S/C23H28N2O4/c26-22(14-16-25-15-4-5-18(17-25)8-13-23(27)28)24-19-9-11-21(12-10-19)29-20-6-2-1-3-7-20/h1-3,6-7,9-12,18H,4-5,8,13-17H2,(H,24,26)(H,27,28). The summed E-state index contributed by atoms with van der Waals surface area (Å²) < 4.78 is 5.75. The van der Waals surface area contributed by atoms with Gasteiger partial charge in [-0.25, -0.2) is 0 Å². The average molecular weight is 396 g/mol. The van der Waals surface area contributed by atoms with Crippen molar-refractivity contribution in [3.63, 3.8) is 0 Å². The van der Waals surface area contributed by atoms with E-state index in [2.05, 4.69) is 10.2 Å². The van der Waals surface area contributed by atoms with Crippen LogP contribution in [0.3, 0.4) is 0 Å². The Hall–Kier alpha value is -2.86. The number of carboxylic acid groups (broad SMARTS) is 1. The molecule has 0 aromatic heterocycles. The molecule has 3 rings (SSSR count). The fourth-order valence-electron chi connectivity index (χ4n) is 3.63. The van der Waals surface area contributed by atoms with Crippen molar-refractivity contribution < 1.29 is 19.4 Å². The van der Waals surface area contributed by atoms with Gasteiger partial charge in [-0.2, -0.15) is 0 Å². The molecule has 6 heteroatoms. The monoisotopic (exact) mass is 396 g/mol. The van der Waals surface area contributed by atoms with Crippen molar-refractivity contribution in [2.75, 3.05) is 25.0 Å². The Balaban J connectivity index is 1.40. The number of anilines is 1. The van der Waals surface area contributed by atoms with Gasteiger partial charge in [-0.1, -0.05) is 18.2 Å². The second-order valence-electron chi connectivity index (χ2n) is 7.48. The number of amides is 1. The van der Waals surface area contributed by atoms with Crippen molar-refractivity contribution in [2.24, 2.45) is 5.92 Å². The highest BCUT2D eigenvalue weighted by Crippen LogP contribution is 2.23. The van der Waals surface area contributed by atoms with Crippen LogP contribution in [0.1, 0.15) is 32.1 Å². The minimum absolute atomic E-state index is 0.0191. The molecule has 1 aliphatic heterocycles. The molecule has 2 aromatic rings. The molecule has 1 atom stereocenters. The van der Waals surface area contributed by atoms with Crippen molar-refractivity contribution in [1.29, 1.82) is 0 Å². The molecule has 0 radical (unpaired) electrons. The van der Waals surface area contributed by atoms with Gasteiger partial charge in [0.1, 0.15) is 11.5 Å². The topological polar surface area (TPSA) is 78.9 Å². The fraction of sp³-hybridized carbons (Fsp3) is 0.391. The molecule has 1 heterocycles. The number of hydrogen-bond acceptors (Lipinski definition) is 4. The number of likely N-dealkylation sites (tertiary alicyclic amines) is 1. The van der Waals surface area contributed by atoms with Crippen LogP contribution in [0, 0.1) is 5.92 Å². The highest BCUT2D eigenvalue weighted by atomic mass is 16.5. The van der Waals surface area contributed by atoms with Crippen LogP contribution in [-0.4, -0.2) is 41.5 Å². The lowest BCUT2D eigenvalue weighted by molar-refractivity contribution is -0.137. The Morgan fingerprint density at radius 1 is 1.03 bits per heavy atom. The number of piperidine rings is 1. The molecule has 1 amide bonds. The van der Waals surface area contributed by atoms with E-state index in [4.69, 9.17) is 9.84 Å². The number of para-hydroxylation sites is 1. The van der Waals surface area contributed by atoms with E-state index in [9.17, 15) is 9.59 Å². The third-order valence-electron chi connectivity index (χ3n) is 5.14. The first-order valence-corrected chi connectivity index (χ1v) is 10.2.